The first-order chi connectivity index (χ1) is 15.5. The lowest BCUT2D eigenvalue weighted by atomic mass is 10.1. The molecule has 1 amide bonds. The normalized spacial score (nSPS) is 12.4. The number of aliphatic imine (C=N–C) groups is 1. The summed E-state index contributed by atoms with van der Waals surface area (Å²) in [6.07, 6.45) is 0.734. The van der Waals surface area contributed by atoms with Crippen LogP contribution in [0.25, 0.3) is 11.0 Å². The molecule has 3 rings (SSSR count). The third-order valence-electron chi connectivity index (χ3n) is 5.04. The van der Waals surface area contributed by atoms with Crippen molar-refractivity contribution in [3.05, 3.63) is 65.4 Å². The van der Waals surface area contributed by atoms with Gasteiger partial charge in [0.2, 0.25) is 0 Å². The molecule has 0 bridgehead atoms. The van der Waals surface area contributed by atoms with Crippen molar-refractivity contribution in [2.45, 2.75) is 33.2 Å². The highest BCUT2D eigenvalue weighted by Gasteiger charge is 2.15. The van der Waals surface area contributed by atoms with E-state index in [2.05, 4.69) is 16.0 Å². The van der Waals surface area contributed by atoms with Gasteiger partial charge in [-0.1, -0.05) is 24.3 Å². The van der Waals surface area contributed by atoms with Crippen molar-refractivity contribution in [3.63, 3.8) is 0 Å². The zero-order valence-corrected chi connectivity index (χ0v) is 19.2. The number of amides is 1. The minimum absolute atomic E-state index is 0.0775. The van der Waals surface area contributed by atoms with Gasteiger partial charge in [0.1, 0.15) is 5.76 Å². The van der Waals surface area contributed by atoms with Crippen molar-refractivity contribution < 1.29 is 13.9 Å². The topological polar surface area (TPSA) is 87.9 Å². The van der Waals surface area contributed by atoms with E-state index in [1.807, 2.05) is 69.3 Å². The molecule has 0 aliphatic rings. The van der Waals surface area contributed by atoms with Gasteiger partial charge >= 0.3 is 0 Å². The molecule has 7 heteroatoms. The van der Waals surface area contributed by atoms with Crippen molar-refractivity contribution in [1.82, 2.24) is 16.0 Å². The Bertz CT molecular complexity index is 1070. The van der Waals surface area contributed by atoms with Crippen LogP contribution in [0.5, 0.6) is 5.75 Å². The molecule has 32 heavy (non-hydrogen) atoms. The number of ether oxygens (including phenoxy) is 1. The maximum Gasteiger partial charge on any atom is 0.251 e. The lowest BCUT2D eigenvalue weighted by molar-refractivity contribution is 0.0963. The first-order valence-corrected chi connectivity index (χ1v) is 11.1. The molecule has 0 aliphatic heterocycles. The van der Waals surface area contributed by atoms with Crippen molar-refractivity contribution in [1.29, 1.82) is 0 Å². The lowest BCUT2D eigenvalue weighted by Gasteiger charge is -2.16. The van der Waals surface area contributed by atoms with E-state index in [-0.39, 0.29) is 11.9 Å². The number of hydrogen-bond donors (Lipinski definition) is 3. The number of nitrogens with zero attached hydrogens (tertiary/aromatic N) is 1. The molecule has 1 heterocycles. The second-order valence-corrected chi connectivity index (χ2v) is 7.41. The molecule has 1 aromatic heterocycles. The largest absolute Gasteiger partial charge is 0.490 e. The van der Waals surface area contributed by atoms with Gasteiger partial charge < -0.3 is 25.1 Å². The summed E-state index contributed by atoms with van der Waals surface area (Å²) in [6.45, 7) is 7.96. The van der Waals surface area contributed by atoms with Crippen LogP contribution < -0.4 is 20.7 Å². The first-order valence-electron chi connectivity index (χ1n) is 11.1. The zero-order chi connectivity index (χ0) is 22.9. The number of para-hydroxylation sites is 1. The molecule has 2 aromatic carbocycles. The summed E-state index contributed by atoms with van der Waals surface area (Å²) in [6, 6.07) is 15.5. The SMILES string of the molecule is CCNC(=NCCc1cccc(C(=O)NC)c1)NC(C)c1cc2cccc(OCC)c2o1. The minimum atomic E-state index is -0.0856. The summed E-state index contributed by atoms with van der Waals surface area (Å²) in [5, 5.41) is 10.4. The van der Waals surface area contributed by atoms with Gasteiger partial charge in [0.05, 0.1) is 12.6 Å². The van der Waals surface area contributed by atoms with E-state index >= 15 is 0 Å². The maximum absolute atomic E-state index is 11.8. The van der Waals surface area contributed by atoms with Crippen LogP contribution in [0.1, 0.15) is 48.5 Å². The van der Waals surface area contributed by atoms with Gasteiger partial charge in [-0.25, -0.2) is 0 Å². The van der Waals surface area contributed by atoms with Crippen LogP contribution in [0, 0.1) is 0 Å². The molecular formula is C25H32N4O3. The maximum atomic E-state index is 11.8. The number of benzene rings is 2. The van der Waals surface area contributed by atoms with Crippen molar-refractivity contribution in [3.8, 4) is 5.75 Å². The number of nitrogens with one attached hydrogen (secondary N) is 3. The van der Waals surface area contributed by atoms with Crippen LogP contribution in [0.3, 0.4) is 0 Å². The Morgan fingerprint density at radius 1 is 1.16 bits per heavy atom. The van der Waals surface area contributed by atoms with Crippen LogP contribution in [-0.2, 0) is 6.42 Å². The molecule has 0 radical (unpaired) electrons. The predicted molar refractivity (Wildman–Crippen MR) is 128 cm³/mol. The second-order valence-electron chi connectivity index (χ2n) is 7.41. The summed E-state index contributed by atoms with van der Waals surface area (Å²) in [5.41, 5.74) is 2.49. The fourth-order valence-electron chi connectivity index (χ4n) is 3.44. The fourth-order valence-corrected chi connectivity index (χ4v) is 3.44. The summed E-state index contributed by atoms with van der Waals surface area (Å²) >= 11 is 0. The van der Waals surface area contributed by atoms with Gasteiger partial charge in [0.25, 0.3) is 5.91 Å². The first kappa shape index (κ1) is 23.2. The Balaban J connectivity index is 1.68. The molecule has 1 atom stereocenters. The summed E-state index contributed by atoms with van der Waals surface area (Å²) in [7, 11) is 1.63. The molecule has 0 spiro atoms. The van der Waals surface area contributed by atoms with Crippen LogP contribution in [0.2, 0.25) is 0 Å². The van der Waals surface area contributed by atoms with Crippen molar-refractivity contribution in [2.75, 3.05) is 26.7 Å². The van der Waals surface area contributed by atoms with Gasteiger partial charge in [0.15, 0.2) is 17.3 Å². The molecular weight excluding hydrogens is 404 g/mol. The van der Waals surface area contributed by atoms with Gasteiger partial charge in [-0.2, -0.15) is 0 Å². The Kier molecular flexibility index (Phi) is 8.14. The number of rotatable bonds is 9. The Morgan fingerprint density at radius 2 is 1.97 bits per heavy atom. The van der Waals surface area contributed by atoms with Gasteiger partial charge in [-0.3, -0.25) is 9.79 Å². The molecule has 0 fully saturated rings. The highest BCUT2D eigenvalue weighted by Crippen LogP contribution is 2.31. The van der Waals surface area contributed by atoms with Crippen LogP contribution in [-0.4, -0.2) is 38.6 Å². The summed E-state index contributed by atoms with van der Waals surface area (Å²) < 4.78 is 11.8. The molecule has 0 saturated carbocycles. The van der Waals surface area contributed by atoms with E-state index in [0.29, 0.717) is 24.7 Å². The Labute approximate surface area is 189 Å². The average molecular weight is 437 g/mol. The van der Waals surface area contributed by atoms with E-state index in [1.54, 1.807) is 7.05 Å². The monoisotopic (exact) mass is 436 g/mol. The molecule has 7 nitrogen and oxygen atoms in total. The summed E-state index contributed by atoms with van der Waals surface area (Å²) in [4.78, 5) is 16.5. The van der Waals surface area contributed by atoms with Gasteiger partial charge in [-0.15, -0.1) is 0 Å². The highest BCUT2D eigenvalue weighted by atomic mass is 16.5. The minimum Gasteiger partial charge on any atom is -0.490 e. The predicted octanol–water partition coefficient (Wildman–Crippen LogP) is 4.05. The zero-order valence-electron chi connectivity index (χ0n) is 19.2. The Morgan fingerprint density at radius 3 is 2.72 bits per heavy atom. The van der Waals surface area contributed by atoms with Gasteiger partial charge in [-0.05, 0) is 57.0 Å². The van der Waals surface area contributed by atoms with Crippen LogP contribution in [0.15, 0.2) is 57.9 Å². The number of carbonyl (C=O) groups excluding carboxylic acids is 1. The van der Waals surface area contributed by atoms with E-state index < -0.39 is 0 Å². The quantitative estimate of drug-likeness (QED) is 0.348. The summed E-state index contributed by atoms with van der Waals surface area (Å²) in [5.74, 6) is 2.20. The molecule has 170 valence electrons. The van der Waals surface area contributed by atoms with E-state index in [4.69, 9.17) is 14.1 Å². The molecule has 3 aromatic rings. The lowest BCUT2D eigenvalue weighted by Crippen LogP contribution is -2.38. The van der Waals surface area contributed by atoms with Crippen molar-refractivity contribution >= 4 is 22.8 Å². The number of fused-ring (bicyclic) bond motifs is 1. The highest BCUT2D eigenvalue weighted by molar-refractivity contribution is 5.94. The number of carbonyl (C=O) groups is 1. The van der Waals surface area contributed by atoms with Crippen molar-refractivity contribution in [2.24, 2.45) is 4.99 Å². The molecule has 0 aliphatic carbocycles. The van der Waals surface area contributed by atoms with Crippen LogP contribution >= 0.6 is 0 Å². The van der Waals surface area contributed by atoms with E-state index in [1.165, 1.54) is 0 Å². The number of guanidine groups is 1. The smallest absolute Gasteiger partial charge is 0.251 e. The number of hydrogen-bond acceptors (Lipinski definition) is 4. The molecule has 1 unspecified atom stereocenters. The third kappa shape index (κ3) is 5.81. The average Bonchev–Trinajstić information content (AvgIpc) is 3.25. The van der Waals surface area contributed by atoms with Gasteiger partial charge in [0, 0.05) is 31.1 Å². The van der Waals surface area contributed by atoms with Crippen LogP contribution in [0.4, 0.5) is 0 Å². The standard InChI is InChI=1S/C25H32N4O3/c1-5-27-25(28-14-13-18-9-7-11-20(15-18)24(30)26-4)29-17(3)22-16-19-10-8-12-21(31-6-2)23(19)32-22/h7-12,15-17H,5-6,13-14H2,1-4H3,(H,26,30)(H2,27,28,29). The van der Waals surface area contributed by atoms with E-state index in [9.17, 15) is 4.79 Å². The fraction of sp³-hybridized carbons (Fsp3) is 0.360. The third-order valence-corrected chi connectivity index (χ3v) is 5.04. The van der Waals surface area contributed by atoms with E-state index in [0.717, 1.165) is 41.0 Å². The number of furan rings is 1. The molecule has 3 N–H and O–H groups in total. The molecule has 0 saturated heterocycles. The Hall–Kier alpha value is -3.48. The second kappa shape index (κ2) is 11.2.